The minimum atomic E-state index is -0.231. The molecule has 0 aliphatic carbocycles. The summed E-state index contributed by atoms with van der Waals surface area (Å²) in [5, 5.41) is 0.718. The molecule has 0 aromatic heterocycles. The fraction of sp³-hybridized carbons (Fsp3) is 0.294. The Hall–Kier alpha value is -1.58. The van der Waals surface area contributed by atoms with Gasteiger partial charge in [0.2, 0.25) is 0 Å². The average Bonchev–Trinajstić information content (AvgIpc) is 2.37. The second kappa shape index (κ2) is 6.92. The molecule has 21 heavy (non-hydrogen) atoms. The van der Waals surface area contributed by atoms with E-state index in [2.05, 4.69) is 4.90 Å². The summed E-state index contributed by atoms with van der Waals surface area (Å²) in [7, 11) is 1.98. The van der Waals surface area contributed by atoms with E-state index < -0.39 is 0 Å². The van der Waals surface area contributed by atoms with Crippen molar-refractivity contribution >= 4 is 17.3 Å². The molecule has 0 saturated heterocycles. The van der Waals surface area contributed by atoms with Gasteiger partial charge in [0.15, 0.2) is 0 Å². The Labute approximate surface area is 130 Å². The first kappa shape index (κ1) is 15.8. The van der Waals surface area contributed by atoms with E-state index in [0.717, 1.165) is 21.8 Å². The third-order valence-electron chi connectivity index (χ3n) is 3.30. The van der Waals surface area contributed by atoms with Crippen molar-refractivity contribution in [2.45, 2.75) is 25.9 Å². The van der Waals surface area contributed by atoms with Crippen molar-refractivity contribution < 1.29 is 4.39 Å². The smallest absolute Gasteiger partial charge is 0.123 e. The van der Waals surface area contributed by atoms with Gasteiger partial charge in [-0.25, -0.2) is 4.39 Å². The molecule has 0 aliphatic rings. The number of nitrogens with zero attached hydrogens (tertiary/aromatic N) is 1. The van der Waals surface area contributed by atoms with E-state index in [1.165, 1.54) is 6.07 Å². The summed E-state index contributed by atoms with van der Waals surface area (Å²) in [6.07, 6.45) is 0.646. The van der Waals surface area contributed by atoms with E-state index >= 15 is 0 Å². The summed E-state index contributed by atoms with van der Waals surface area (Å²) in [4.78, 5) is 2.09. The third-order valence-corrected chi connectivity index (χ3v) is 3.54. The molecule has 0 fully saturated rings. The minimum Gasteiger partial charge on any atom is -0.370 e. The molecule has 0 spiro atoms. The van der Waals surface area contributed by atoms with Gasteiger partial charge in [-0.3, -0.25) is 0 Å². The Kier molecular flexibility index (Phi) is 5.21. The zero-order valence-corrected chi connectivity index (χ0v) is 13.1. The summed E-state index contributed by atoms with van der Waals surface area (Å²) < 4.78 is 13.5. The van der Waals surface area contributed by atoms with Gasteiger partial charge in [0.1, 0.15) is 5.82 Å². The van der Waals surface area contributed by atoms with E-state index in [1.807, 2.05) is 38.2 Å². The monoisotopic (exact) mass is 306 g/mol. The van der Waals surface area contributed by atoms with Crippen LogP contribution in [0.1, 0.15) is 18.1 Å². The first-order valence-electron chi connectivity index (χ1n) is 6.95. The molecule has 0 saturated carbocycles. The Morgan fingerprint density at radius 3 is 2.67 bits per heavy atom. The Balaban J connectivity index is 2.23. The molecule has 2 rings (SSSR count). The lowest BCUT2D eigenvalue weighted by molar-refractivity contribution is 0.622. The second-order valence-corrected chi connectivity index (χ2v) is 5.88. The maximum Gasteiger partial charge on any atom is 0.123 e. The van der Waals surface area contributed by atoms with Crippen molar-refractivity contribution in [3.63, 3.8) is 0 Å². The van der Waals surface area contributed by atoms with Gasteiger partial charge in [0.05, 0.1) is 0 Å². The molecule has 0 radical (unpaired) electrons. The lowest BCUT2D eigenvalue weighted by Crippen LogP contribution is -2.22. The Morgan fingerprint density at radius 2 is 2.00 bits per heavy atom. The number of hydrogen-bond acceptors (Lipinski definition) is 2. The van der Waals surface area contributed by atoms with Crippen molar-refractivity contribution in [3.05, 3.63) is 64.4 Å². The number of anilines is 1. The van der Waals surface area contributed by atoms with E-state index in [4.69, 9.17) is 17.3 Å². The topological polar surface area (TPSA) is 29.3 Å². The van der Waals surface area contributed by atoms with E-state index in [9.17, 15) is 4.39 Å². The van der Waals surface area contributed by atoms with Gasteiger partial charge in [-0.1, -0.05) is 23.7 Å². The highest BCUT2D eigenvalue weighted by Crippen LogP contribution is 2.24. The summed E-state index contributed by atoms with van der Waals surface area (Å²) in [6.45, 7) is 2.63. The normalized spacial score (nSPS) is 12.2. The SMILES string of the molecule is CC(N)Cc1cc(F)ccc1N(C)Cc1cccc(Cl)c1. The number of nitrogens with two attached hydrogens (primary N) is 1. The van der Waals surface area contributed by atoms with Crippen molar-refractivity contribution in [1.82, 2.24) is 0 Å². The van der Waals surface area contributed by atoms with Crippen LogP contribution in [0.4, 0.5) is 10.1 Å². The first-order valence-corrected chi connectivity index (χ1v) is 7.33. The largest absolute Gasteiger partial charge is 0.370 e. The minimum absolute atomic E-state index is 0.00915. The van der Waals surface area contributed by atoms with Crippen LogP contribution in [0.3, 0.4) is 0 Å². The third kappa shape index (κ3) is 4.45. The van der Waals surface area contributed by atoms with Crippen LogP contribution in [0.25, 0.3) is 0 Å². The lowest BCUT2D eigenvalue weighted by atomic mass is 10.0. The highest BCUT2D eigenvalue weighted by molar-refractivity contribution is 6.30. The zero-order chi connectivity index (χ0) is 15.4. The van der Waals surface area contributed by atoms with E-state index in [1.54, 1.807) is 12.1 Å². The maximum absolute atomic E-state index is 13.5. The van der Waals surface area contributed by atoms with Crippen molar-refractivity contribution in [2.24, 2.45) is 5.73 Å². The van der Waals surface area contributed by atoms with E-state index in [-0.39, 0.29) is 11.9 Å². The Bertz CT molecular complexity index is 613. The van der Waals surface area contributed by atoms with Gasteiger partial charge < -0.3 is 10.6 Å². The standard InChI is InChI=1S/C17H20ClFN2/c1-12(20)8-14-10-16(19)6-7-17(14)21(2)11-13-4-3-5-15(18)9-13/h3-7,9-10,12H,8,11,20H2,1-2H3. The van der Waals surface area contributed by atoms with Gasteiger partial charge in [-0.05, 0) is 54.8 Å². The molecule has 0 aliphatic heterocycles. The number of rotatable bonds is 5. The molecule has 1 atom stereocenters. The van der Waals surface area contributed by atoms with E-state index in [0.29, 0.717) is 13.0 Å². The molecule has 0 heterocycles. The lowest BCUT2D eigenvalue weighted by Gasteiger charge is -2.23. The van der Waals surface area contributed by atoms with Gasteiger partial charge in [-0.2, -0.15) is 0 Å². The molecule has 0 amide bonds. The van der Waals surface area contributed by atoms with Gasteiger partial charge in [-0.15, -0.1) is 0 Å². The highest BCUT2D eigenvalue weighted by Gasteiger charge is 2.11. The Morgan fingerprint density at radius 1 is 1.24 bits per heavy atom. The molecule has 2 aromatic carbocycles. The van der Waals surface area contributed by atoms with Crippen LogP contribution in [0, 0.1) is 5.82 Å². The van der Waals surface area contributed by atoms with Crippen LogP contribution < -0.4 is 10.6 Å². The predicted molar refractivity (Wildman–Crippen MR) is 87.3 cm³/mol. The van der Waals surface area contributed by atoms with Crippen LogP contribution in [-0.4, -0.2) is 13.1 Å². The number of halogens is 2. The molecule has 2 nitrogen and oxygen atoms in total. The fourth-order valence-electron chi connectivity index (χ4n) is 2.43. The molecule has 2 aromatic rings. The summed E-state index contributed by atoms with van der Waals surface area (Å²) >= 11 is 6.01. The summed E-state index contributed by atoms with van der Waals surface area (Å²) in [5.74, 6) is -0.231. The molecule has 4 heteroatoms. The van der Waals surface area contributed by atoms with Gasteiger partial charge in [0.25, 0.3) is 0 Å². The van der Waals surface area contributed by atoms with Crippen molar-refractivity contribution in [3.8, 4) is 0 Å². The first-order chi connectivity index (χ1) is 9.95. The predicted octanol–water partition coefficient (Wildman–Crippen LogP) is 4.01. The maximum atomic E-state index is 13.5. The van der Waals surface area contributed by atoms with Crippen LogP contribution in [0.5, 0.6) is 0 Å². The zero-order valence-electron chi connectivity index (χ0n) is 12.3. The molecule has 112 valence electrons. The fourth-order valence-corrected chi connectivity index (χ4v) is 2.64. The van der Waals surface area contributed by atoms with Crippen molar-refractivity contribution in [2.75, 3.05) is 11.9 Å². The van der Waals surface area contributed by atoms with Gasteiger partial charge >= 0.3 is 0 Å². The molecular weight excluding hydrogens is 287 g/mol. The molecular formula is C17H20ClFN2. The molecule has 0 bridgehead atoms. The summed E-state index contributed by atoms with van der Waals surface area (Å²) in [6, 6.07) is 12.6. The van der Waals surface area contributed by atoms with Crippen LogP contribution in [0.2, 0.25) is 5.02 Å². The molecule has 2 N–H and O–H groups in total. The number of benzene rings is 2. The summed E-state index contributed by atoms with van der Waals surface area (Å²) in [5.41, 5.74) is 8.89. The quantitative estimate of drug-likeness (QED) is 0.904. The van der Waals surface area contributed by atoms with Gasteiger partial charge in [0, 0.05) is 30.3 Å². The second-order valence-electron chi connectivity index (χ2n) is 5.44. The van der Waals surface area contributed by atoms with Crippen LogP contribution >= 0.6 is 11.6 Å². The van der Waals surface area contributed by atoms with Crippen LogP contribution in [0.15, 0.2) is 42.5 Å². The molecule has 1 unspecified atom stereocenters. The average molecular weight is 307 g/mol. The highest BCUT2D eigenvalue weighted by atomic mass is 35.5. The van der Waals surface area contributed by atoms with Crippen molar-refractivity contribution in [1.29, 1.82) is 0 Å². The van der Waals surface area contributed by atoms with Crippen LogP contribution in [-0.2, 0) is 13.0 Å². The number of hydrogen-bond donors (Lipinski definition) is 1.